The van der Waals surface area contributed by atoms with Crippen LogP contribution in [-0.4, -0.2) is 43.4 Å². The molecule has 0 saturated carbocycles. The van der Waals surface area contributed by atoms with Crippen molar-refractivity contribution in [3.05, 3.63) is 29.8 Å². The van der Waals surface area contributed by atoms with Crippen LogP contribution >= 0.6 is 0 Å². The fourth-order valence-electron chi connectivity index (χ4n) is 1.65. The van der Waals surface area contributed by atoms with Gasteiger partial charge < -0.3 is 11.1 Å². The summed E-state index contributed by atoms with van der Waals surface area (Å²) in [6, 6.07) is 7.28. The second-order valence-electron chi connectivity index (χ2n) is 4.33. The van der Waals surface area contributed by atoms with E-state index in [-0.39, 0.29) is 25.5 Å². The molecular formula is C13H19F2N3O. The van der Waals surface area contributed by atoms with Crippen LogP contribution in [0.15, 0.2) is 24.3 Å². The number of nitrogens with one attached hydrogen (secondary N) is 1. The summed E-state index contributed by atoms with van der Waals surface area (Å²) < 4.78 is 24.6. The molecule has 6 heteroatoms. The Bertz CT molecular complexity index is 395. The molecule has 0 spiro atoms. The lowest BCUT2D eigenvalue weighted by Crippen LogP contribution is -2.39. The molecule has 106 valence electrons. The number of carbonyl (C=O) groups is 1. The van der Waals surface area contributed by atoms with Crippen LogP contribution in [0.3, 0.4) is 0 Å². The quantitative estimate of drug-likeness (QED) is 0.789. The van der Waals surface area contributed by atoms with Crippen LogP contribution in [0.4, 0.5) is 14.5 Å². The third-order valence-electron chi connectivity index (χ3n) is 2.54. The molecule has 0 aliphatic carbocycles. The molecule has 3 N–H and O–H groups in total. The van der Waals surface area contributed by atoms with E-state index < -0.39 is 13.0 Å². The molecule has 0 bridgehead atoms. The number of hydrogen-bond donors (Lipinski definition) is 2. The van der Waals surface area contributed by atoms with Gasteiger partial charge >= 0.3 is 0 Å². The van der Waals surface area contributed by atoms with Crippen LogP contribution in [0.25, 0.3) is 0 Å². The summed E-state index contributed by atoms with van der Waals surface area (Å²) in [7, 11) is 0. The van der Waals surface area contributed by atoms with Gasteiger partial charge in [-0.05, 0) is 19.1 Å². The number of amides is 1. The minimum absolute atomic E-state index is 0.0879. The summed E-state index contributed by atoms with van der Waals surface area (Å²) in [6.45, 7) is 1.92. The summed E-state index contributed by atoms with van der Waals surface area (Å²) in [5.41, 5.74) is 7.07. The van der Waals surface area contributed by atoms with Gasteiger partial charge in [0.1, 0.15) is 0 Å². The minimum atomic E-state index is -2.47. The number of anilines is 1. The molecule has 4 nitrogen and oxygen atoms in total. The third kappa shape index (κ3) is 6.26. The van der Waals surface area contributed by atoms with Gasteiger partial charge in [-0.1, -0.05) is 17.7 Å². The van der Waals surface area contributed by atoms with E-state index in [1.54, 1.807) is 12.1 Å². The summed E-state index contributed by atoms with van der Waals surface area (Å²) in [5, 5.41) is 2.66. The number of nitrogens with two attached hydrogens (primary N) is 1. The first-order valence-electron chi connectivity index (χ1n) is 6.08. The summed E-state index contributed by atoms with van der Waals surface area (Å²) >= 11 is 0. The Morgan fingerprint density at radius 2 is 2.00 bits per heavy atom. The van der Waals surface area contributed by atoms with E-state index in [4.69, 9.17) is 5.73 Å². The Balaban J connectivity index is 2.49. The highest BCUT2D eigenvalue weighted by atomic mass is 19.3. The second kappa shape index (κ2) is 7.81. The Hall–Kier alpha value is -1.53. The lowest BCUT2D eigenvalue weighted by Gasteiger charge is -2.20. The Morgan fingerprint density at radius 1 is 1.37 bits per heavy atom. The maximum Gasteiger partial charge on any atom is 0.251 e. The predicted octanol–water partition coefficient (Wildman–Crippen LogP) is 1.46. The van der Waals surface area contributed by atoms with E-state index in [1.807, 2.05) is 19.1 Å². The topological polar surface area (TPSA) is 58.4 Å². The number of aryl methyl sites for hydroxylation is 1. The van der Waals surface area contributed by atoms with E-state index in [0.29, 0.717) is 5.69 Å². The van der Waals surface area contributed by atoms with Crippen molar-refractivity contribution in [2.75, 3.05) is 31.5 Å². The molecule has 0 aliphatic heterocycles. The number of halogens is 2. The molecular weight excluding hydrogens is 252 g/mol. The zero-order chi connectivity index (χ0) is 14.3. The molecule has 0 aromatic heterocycles. The highest BCUT2D eigenvalue weighted by Crippen LogP contribution is 2.08. The molecule has 1 rings (SSSR count). The van der Waals surface area contributed by atoms with Gasteiger partial charge in [0.25, 0.3) is 6.43 Å². The fourth-order valence-corrected chi connectivity index (χ4v) is 1.65. The van der Waals surface area contributed by atoms with E-state index in [0.717, 1.165) is 5.56 Å². The first kappa shape index (κ1) is 15.5. The molecule has 0 unspecified atom stereocenters. The van der Waals surface area contributed by atoms with Crippen molar-refractivity contribution in [3.8, 4) is 0 Å². The number of rotatable bonds is 7. The molecule has 0 fully saturated rings. The second-order valence-corrected chi connectivity index (χ2v) is 4.33. The summed E-state index contributed by atoms with van der Waals surface area (Å²) in [6.07, 6.45) is -2.47. The van der Waals surface area contributed by atoms with Gasteiger partial charge in [0.05, 0.1) is 13.1 Å². The van der Waals surface area contributed by atoms with Gasteiger partial charge in [-0.25, -0.2) is 8.78 Å². The highest BCUT2D eigenvalue weighted by molar-refractivity contribution is 5.92. The zero-order valence-corrected chi connectivity index (χ0v) is 10.9. The molecule has 0 radical (unpaired) electrons. The van der Waals surface area contributed by atoms with Gasteiger partial charge in [-0.2, -0.15) is 0 Å². The molecule has 0 atom stereocenters. The number of benzene rings is 1. The van der Waals surface area contributed by atoms with Crippen molar-refractivity contribution < 1.29 is 13.6 Å². The average molecular weight is 271 g/mol. The molecule has 0 aliphatic rings. The van der Waals surface area contributed by atoms with E-state index in [1.165, 1.54) is 4.90 Å². The Kier molecular flexibility index (Phi) is 6.38. The van der Waals surface area contributed by atoms with Crippen LogP contribution in [0, 0.1) is 6.92 Å². The van der Waals surface area contributed by atoms with Crippen molar-refractivity contribution in [2.45, 2.75) is 13.3 Å². The molecule has 1 aromatic carbocycles. The molecule has 0 heterocycles. The average Bonchev–Trinajstić information content (AvgIpc) is 2.31. The van der Waals surface area contributed by atoms with Gasteiger partial charge in [0.2, 0.25) is 5.91 Å². The zero-order valence-electron chi connectivity index (χ0n) is 10.9. The highest BCUT2D eigenvalue weighted by Gasteiger charge is 2.14. The number of carbonyl (C=O) groups excluding carboxylic acids is 1. The predicted molar refractivity (Wildman–Crippen MR) is 71.3 cm³/mol. The third-order valence-corrected chi connectivity index (χ3v) is 2.54. The lowest BCUT2D eigenvalue weighted by atomic mass is 10.2. The van der Waals surface area contributed by atoms with Gasteiger partial charge in [0.15, 0.2) is 0 Å². The van der Waals surface area contributed by atoms with Crippen molar-refractivity contribution in [3.63, 3.8) is 0 Å². The van der Waals surface area contributed by atoms with Crippen LogP contribution in [0.2, 0.25) is 0 Å². The smallest absolute Gasteiger partial charge is 0.251 e. The fraction of sp³-hybridized carbons (Fsp3) is 0.462. The van der Waals surface area contributed by atoms with Gasteiger partial charge in [0, 0.05) is 18.8 Å². The van der Waals surface area contributed by atoms with Crippen LogP contribution < -0.4 is 11.1 Å². The lowest BCUT2D eigenvalue weighted by molar-refractivity contribution is -0.117. The largest absolute Gasteiger partial charge is 0.329 e. The molecule has 19 heavy (non-hydrogen) atoms. The normalized spacial score (nSPS) is 11.1. The van der Waals surface area contributed by atoms with E-state index >= 15 is 0 Å². The number of nitrogens with zero attached hydrogens (tertiary/aromatic N) is 1. The Morgan fingerprint density at radius 3 is 2.53 bits per heavy atom. The Labute approximate surface area is 111 Å². The van der Waals surface area contributed by atoms with Crippen LogP contribution in [0.1, 0.15) is 5.56 Å². The number of alkyl halides is 2. The monoisotopic (exact) mass is 271 g/mol. The van der Waals surface area contributed by atoms with E-state index in [9.17, 15) is 13.6 Å². The summed E-state index contributed by atoms with van der Waals surface area (Å²) in [4.78, 5) is 13.1. The van der Waals surface area contributed by atoms with Crippen molar-refractivity contribution in [2.24, 2.45) is 5.73 Å². The molecule has 1 aromatic rings. The maximum absolute atomic E-state index is 12.3. The van der Waals surface area contributed by atoms with Crippen molar-refractivity contribution in [1.29, 1.82) is 0 Å². The number of hydrogen-bond acceptors (Lipinski definition) is 3. The molecule has 1 amide bonds. The minimum Gasteiger partial charge on any atom is -0.329 e. The maximum atomic E-state index is 12.3. The summed E-state index contributed by atoms with van der Waals surface area (Å²) in [5.74, 6) is -0.321. The van der Waals surface area contributed by atoms with Crippen LogP contribution in [0.5, 0.6) is 0 Å². The van der Waals surface area contributed by atoms with Gasteiger partial charge in [-0.3, -0.25) is 9.69 Å². The molecule has 0 saturated heterocycles. The van der Waals surface area contributed by atoms with E-state index in [2.05, 4.69) is 5.32 Å². The van der Waals surface area contributed by atoms with Crippen LogP contribution in [-0.2, 0) is 4.79 Å². The first-order chi connectivity index (χ1) is 9.01. The van der Waals surface area contributed by atoms with Gasteiger partial charge in [-0.15, -0.1) is 0 Å². The first-order valence-corrected chi connectivity index (χ1v) is 6.08. The van der Waals surface area contributed by atoms with Crippen molar-refractivity contribution in [1.82, 2.24) is 4.90 Å². The van der Waals surface area contributed by atoms with Crippen molar-refractivity contribution >= 4 is 11.6 Å². The standard InChI is InChI=1S/C13H19F2N3O/c1-10-2-4-11(5-3-10)17-13(19)9-18(7-6-16)8-12(14)15/h2-5,12H,6-9,16H2,1H3,(H,17,19). The SMILES string of the molecule is Cc1ccc(NC(=O)CN(CCN)CC(F)F)cc1.